The lowest BCUT2D eigenvalue weighted by atomic mass is 10.1. The quantitative estimate of drug-likeness (QED) is 0.363. The van der Waals surface area contributed by atoms with Crippen LogP contribution in [0.2, 0.25) is 0 Å². The number of ketones is 1. The molecule has 0 amide bonds. The van der Waals surface area contributed by atoms with Crippen molar-refractivity contribution in [3.8, 4) is 11.5 Å². The number of allylic oxidation sites excluding steroid dienone is 1. The van der Waals surface area contributed by atoms with Gasteiger partial charge in [0.25, 0.3) is 0 Å². The van der Waals surface area contributed by atoms with Gasteiger partial charge in [-0.1, -0.05) is 17.8 Å². The normalized spacial score (nSPS) is 11.2. The molecule has 0 bridgehead atoms. The van der Waals surface area contributed by atoms with Crippen molar-refractivity contribution in [2.45, 2.75) is 4.90 Å². The largest absolute Gasteiger partial charge is 0.497 e. The number of carbonyl (C=O) groups is 1. The van der Waals surface area contributed by atoms with E-state index in [0.717, 1.165) is 15.1 Å². The van der Waals surface area contributed by atoms with Crippen molar-refractivity contribution in [3.63, 3.8) is 0 Å². The maximum Gasteiger partial charge on any atom is 0.201 e. The van der Waals surface area contributed by atoms with Crippen LogP contribution in [-0.2, 0) is 0 Å². The molecule has 0 saturated heterocycles. The van der Waals surface area contributed by atoms with Gasteiger partial charge in [0.2, 0.25) is 5.78 Å². The lowest BCUT2D eigenvalue weighted by Gasteiger charge is -2.12. The van der Waals surface area contributed by atoms with E-state index in [-0.39, 0.29) is 5.78 Å². The van der Waals surface area contributed by atoms with Crippen LogP contribution in [0.4, 0.5) is 0 Å². The van der Waals surface area contributed by atoms with Crippen LogP contribution in [0, 0.1) is 0 Å². The third kappa shape index (κ3) is 5.28. The van der Waals surface area contributed by atoms with Gasteiger partial charge in [0.15, 0.2) is 0 Å². The fraction of sp³-hybridized carbons (Fsp3) is 0.211. The summed E-state index contributed by atoms with van der Waals surface area (Å²) in [5.41, 5.74) is 0.594. The number of thioether (sulfide) groups is 1. The van der Waals surface area contributed by atoms with Crippen molar-refractivity contribution in [1.29, 1.82) is 0 Å². The van der Waals surface area contributed by atoms with Crippen LogP contribution in [0.3, 0.4) is 0 Å². The Labute approximate surface area is 160 Å². The van der Waals surface area contributed by atoms with Crippen LogP contribution in [0.1, 0.15) is 10.4 Å². The molecule has 132 valence electrons. The Morgan fingerprint density at radius 3 is 2.48 bits per heavy atom. The molecule has 25 heavy (non-hydrogen) atoms. The second-order valence-electron chi connectivity index (χ2n) is 5.42. The van der Waals surface area contributed by atoms with Crippen LogP contribution in [-0.4, -0.2) is 39.0 Å². The molecule has 0 unspecified atom stereocenters. The molecule has 2 aromatic rings. The van der Waals surface area contributed by atoms with Crippen molar-refractivity contribution in [2.75, 3.05) is 28.3 Å². The van der Waals surface area contributed by atoms with E-state index in [1.165, 1.54) is 11.8 Å². The van der Waals surface area contributed by atoms with Gasteiger partial charge < -0.3 is 14.4 Å². The topological polar surface area (TPSA) is 38.8 Å². The van der Waals surface area contributed by atoms with E-state index in [2.05, 4.69) is 15.9 Å². The Kier molecular flexibility index (Phi) is 6.96. The minimum Gasteiger partial charge on any atom is -0.497 e. The number of methoxy groups -OCH3 is 2. The molecular formula is C19H20BrNO3S. The standard InChI is InChI=1S/C19H20BrNO3S/c1-21(2)12-18(25-15-7-5-6-14(11-15)23-3)19(22)13-8-9-17(24-4)16(20)10-13/h5-12H,1-4H3/b18-12-. The summed E-state index contributed by atoms with van der Waals surface area (Å²) in [6.45, 7) is 0. The number of halogens is 1. The minimum atomic E-state index is -0.0510. The molecule has 0 aliphatic rings. The number of carbonyl (C=O) groups excluding carboxylic acids is 1. The molecule has 2 aromatic carbocycles. The van der Waals surface area contributed by atoms with Crippen LogP contribution in [0.5, 0.6) is 11.5 Å². The average Bonchev–Trinajstić information content (AvgIpc) is 2.60. The second kappa shape index (κ2) is 8.97. The van der Waals surface area contributed by atoms with Gasteiger partial charge in [0.05, 0.1) is 23.6 Å². The minimum absolute atomic E-state index is 0.0510. The number of rotatable bonds is 7. The molecule has 0 heterocycles. The Morgan fingerprint density at radius 2 is 1.88 bits per heavy atom. The van der Waals surface area contributed by atoms with Crippen molar-refractivity contribution >= 4 is 33.5 Å². The lowest BCUT2D eigenvalue weighted by Crippen LogP contribution is -2.08. The molecule has 0 aromatic heterocycles. The molecule has 0 saturated carbocycles. The van der Waals surface area contributed by atoms with E-state index >= 15 is 0 Å². The van der Waals surface area contributed by atoms with Gasteiger partial charge in [-0.3, -0.25) is 4.79 Å². The van der Waals surface area contributed by atoms with Gasteiger partial charge in [-0.2, -0.15) is 0 Å². The van der Waals surface area contributed by atoms with Crippen molar-refractivity contribution in [1.82, 2.24) is 4.90 Å². The SMILES string of the molecule is COc1cccc(S/C(=C\N(C)C)C(=O)c2ccc(OC)c(Br)c2)c1. The van der Waals surface area contributed by atoms with Gasteiger partial charge in [0, 0.05) is 30.8 Å². The molecule has 0 aliphatic heterocycles. The molecule has 0 aliphatic carbocycles. The maximum absolute atomic E-state index is 13.0. The number of nitrogens with zero attached hydrogens (tertiary/aromatic N) is 1. The van der Waals surface area contributed by atoms with E-state index in [1.807, 2.05) is 49.5 Å². The fourth-order valence-electron chi connectivity index (χ4n) is 2.11. The van der Waals surface area contributed by atoms with Gasteiger partial charge in [-0.15, -0.1) is 0 Å². The number of benzene rings is 2. The zero-order valence-corrected chi connectivity index (χ0v) is 17.0. The van der Waals surface area contributed by atoms with E-state index < -0.39 is 0 Å². The van der Waals surface area contributed by atoms with Crippen molar-refractivity contribution in [2.24, 2.45) is 0 Å². The summed E-state index contributed by atoms with van der Waals surface area (Å²) in [6, 6.07) is 13.0. The Morgan fingerprint density at radius 1 is 1.12 bits per heavy atom. The third-order valence-corrected chi connectivity index (χ3v) is 4.90. The molecule has 0 N–H and O–H groups in total. The summed E-state index contributed by atoms with van der Waals surface area (Å²) in [4.78, 5) is 16.4. The summed E-state index contributed by atoms with van der Waals surface area (Å²) in [5, 5.41) is 0. The first kappa shape index (κ1) is 19.4. The van der Waals surface area contributed by atoms with Gasteiger partial charge in [-0.25, -0.2) is 0 Å². The number of ether oxygens (including phenoxy) is 2. The highest BCUT2D eigenvalue weighted by Crippen LogP contribution is 2.33. The maximum atomic E-state index is 13.0. The van der Waals surface area contributed by atoms with E-state index in [9.17, 15) is 4.79 Å². The number of hydrogen-bond donors (Lipinski definition) is 0. The predicted octanol–water partition coefficient (Wildman–Crippen LogP) is 4.84. The third-order valence-electron chi connectivity index (χ3n) is 3.28. The first-order valence-electron chi connectivity index (χ1n) is 7.53. The highest BCUT2D eigenvalue weighted by molar-refractivity contribution is 9.10. The first-order valence-corrected chi connectivity index (χ1v) is 9.14. The molecule has 6 heteroatoms. The Hall–Kier alpha value is -1.92. The first-order chi connectivity index (χ1) is 11.9. The lowest BCUT2D eigenvalue weighted by molar-refractivity contribution is 0.104. The van der Waals surface area contributed by atoms with Crippen molar-refractivity contribution in [3.05, 3.63) is 63.6 Å². The number of Topliss-reactive ketones (excluding diaryl/α,β-unsaturated/α-hetero) is 1. The monoisotopic (exact) mass is 421 g/mol. The Bertz CT molecular complexity index is 790. The van der Waals surface area contributed by atoms with Gasteiger partial charge >= 0.3 is 0 Å². The summed E-state index contributed by atoms with van der Waals surface area (Å²) in [5.74, 6) is 1.40. The summed E-state index contributed by atoms with van der Waals surface area (Å²) >= 11 is 4.84. The van der Waals surface area contributed by atoms with E-state index in [4.69, 9.17) is 9.47 Å². The highest BCUT2D eigenvalue weighted by atomic mass is 79.9. The zero-order chi connectivity index (χ0) is 18.4. The van der Waals surface area contributed by atoms with E-state index in [0.29, 0.717) is 16.2 Å². The summed E-state index contributed by atoms with van der Waals surface area (Å²) in [6.07, 6.45) is 1.82. The molecule has 0 radical (unpaired) electrons. The second-order valence-corrected chi connectivity index (χ2v) is 7.39. The average molecular weight is 422 g/mol. The fourth-order valence-corrected chi connectivity index (χ4v) is 3.70. The number of hydrogen-bond acceptors (Lipinski definition) is 5. The molecule has 2 rings (SSSR count). The molecule has 4 nitrogen and oxygen atoms in total. The van der Waals surface area contributed by atoms with Crippen LogP contribution >= 0.6 is 27.7 Å². The highest BCUT2D eigenvalue weighted by Gasteiger charge is 2.16. The molecule has 0 atom stereocenters. The molecule has 0 fully saturated rings. The smallest absolute Gasteiger partial charge is 0.201 e. The summed E-state index contributed by atoms with van der Waals surface area (Å²) < 4.78 is 11.2. The van der Waals surface area contributed by atoms with Crippen LogP contribution in [0.15, 0.2) is 62.9 Å². The molecular weight excluding hydrogens is 402 g/mol. The molecule has 0 spiro atoms. The van der Waals surface area contributed by atoms with Gasteiger partial charge in [-0.05, 0) is 52.3 Å². The summed E-state index contributed by atoms with van der Waals surface area (Å²) in [7, 11) is 7.00. The van der Waals surface area contributed by atoms with Crippen LogP contribution in [0.25, 0.3) is 0 Å². The zero-order valence-electron chi connectivity index (χ0n) is 14.6. The predicted molar refractivity (Wildman–Crippen MR) is 106 cm³/mol. The van der Waals surface area contributed by atoms with Gasteiger partial charge in [0.1, 0.15) is 11.5 Å². The van der Waals surface area contributed by atoms with E-state index in [1.54, 1.807) is 32.4 Å². The van der Waals surface area contributed by atoms with Crippen molar-refractivity contribution < 1.29 is 14.3 Å². The van der Waals surface area contributed by atoms with Crippen LogP contribution < -0.4 is 9.47 Å². The Balaban J connectivity index is 2.33.